The number of thiophene rings is 1. The molecule has 0 aliphatic carbocycles. The van der Waals surface area contributed by atoms with Gasteiger partial charge in [-0.1, -0.05) is 23.2 Å². The molecular weight excluding hydrogens is 491 g/mol. The zero-order chi connectivity index (χ0) is 23.7. The molecule has 2 amide bonds. The predicted octanol–water partition coefficient (Wildman–Crippen LogP) is 7.10. The summed E-state index contributed by atoms with van der Waals surface area (Å²) < 4.78 is 0. The first-order valence-electron chi connectivity index (χ1n) is 10.2. The summed E-state index contributed by atoms with van der Waals surface area (Å²) in [5.41, 5.74) is 4.70. The van der Waals surface area contributed by atoms with Crippen molar-refractivity contribution in [3.8, 4) is 11.4 Å². The van der Waals surface area contributed by atoms with Gasteiger partial charge in [-0.25, -0.2) is 4.98 Å². The van der Waals surface area contributed by atoms with Crippen molar-refractivity contribution in [2.45, 2.75) is 0 Å². The third kappa shape index (κ3) is 4.82. The highest BCUT2D eigenvalue weighted by Gasteiger charge is 2.11. The van der Waals surface area contributed by atoms with Gasteiger partial charge in [0, 0.05) is 37.9 Å². The largest absolute Gasteiger partial charge is 0.338 e. The number of anilines is 2. The molecule has 0 atom stereocenters. The summed E-state index contributed by atoms with van der Waals surface area (Å²) in [4.78, 5) is 32.7. The zero-order valence-electron chi connectivity index (χ0n) is 17.4. The molecule has 2 heterocycles. The van der Waals surface area contributed by atoms with E-state index in [9.17, 15) is 9.59 Å². The van der Waals surface area contributed by atoms with Crippen LogP contribution in [0.2, 0.25) is 10.0 Å². The minimum atomic E-state index is -0.316. The van der Waals surface area contributed by atoms with E-state index in [0.29, 0.717) is 38.4 Å². The van der Waals surface area contributed by atoms with Crippen LogP contribution in [0.15, 0.2) is 77.5 Å². The summed E-state index contributed by atoms with van der Waals surface area (Å²) in [7, 11) is 0. The van der Waals surface area contributed by atoms with E-state index in [-0.39, 0.29) is 11.8 Å². The van der Waals surface area contributed by atoms with Gasteiger partial charge < -0.3 is 15.6 Å². The normalized spacial score (nSPS) is 10.9. The number of hydrogen-bond acceptors (Lipinski definition) is 4. The Bertz CT molecular complexity index is 1490. The highest BCUT2D eigenvalue weighted by Crippen LogP contribution is 2.25. The average molecular weight is 507 g/mol. The van der Waals surface area contributed by atoms with Crippen LogP contribution < -0.4 is 10.6 Å². The van der Waals surface area contributed by atoms with Crippen LogP contribution in [0.3, 0.4) is 0 Å². The number of aromatic nitrogens is 2. The lowest BCUT2D eigenvalue weighted by molar-refractivity contribution is 0.101. The van der Waals surface area contributed by atoms with Crippen LogP contribution >= 0.6 is 34.5 Å². The lowest BCUT2D eigenvalue weighted by Crippen LogP contribution is -2.11. The van der Waals surface area contributed by atoms with Crippen molar-refractivity contribution < 1.29 is 9.59 Å². The summed E-state index contributed by atoms with van der Waals surface area (Å²) >= 11 is 13.5. The number of hydrogen-bond donors (Lipinski definition) is 3. The Labute approximate surface area is 208 Å². The number of carbonyl (C=O) groups is 2. The fraction of sp³-hybridized carbons (Fsp3) is 0. The van der Waals surface area contributed by atoms with Gasteiger partial charge in [0.25, 0.3) is 11.8 Å². The maximum absolute atomic E-state index is 12.6. The number of carbonyl (C=O) groups excluding carboxylic acids is 2. The van der Waals surface area contributed by atoms with Gasteiger partial charge in [-0.05, 0) is 72.1 Å². The summed E-state index contributed by atoms with van der Waals surface area (Å²) in [6.07, 6.45) is 0. The quantitative estimate of drug-likeness (QED) is 0.237. The van der Waals surface area contributed by atoms with Crippen LogP contribution in [-0.4, -0.2) is 21.8 Å². The number of benzene rings is 3. The third-order valence-electron chi connectivity index (χ3n) is 5.06. The molecular formula is C25H16Cl2N4O2S. The molecule has 5 rings (SSSR count). The minimum Gasteiger partial charge on any atom is -0.338 e. The van der Waals surface area contributed by atoms with Crippen molar-refractivity contribution in [1.82, 2.24) is 9.97 Å². The number of aromatic amines is 1. The first kappa shape index (κ1) is 22.2. The Kier molecular flexibility index (Phi) is 6.06. The van der Waals surface area contributed by atoms with Crippen molar-refractivity contribution in [3.63, 3.8) is 0 Å². The Hall–Kier alpha value is -3.65. The number of amides is 2. The number of nitrogens with zero attached hydrogens (tertiary/aromatic N) is 1. The van der Waals surface area contributed by atoms with Gasteiger partial charge in [0.1, 0.15) is 5.82 Å². The third-order valence-corrected chi connectivity index (χ3v) is 6.18. The SMILES string of the molecule is O=C(Nc1ccc(-c2nc3ccc(NC(=O)c4cc(Cl)cc(Cl)c4)cc3[nH]2)cc1)c1ccsc1. The van der Waals surface area contributed by atoms with E-state index in [1.165, 1.54) is 11.3 Å². The average Bonchev–Trinajstić information content (AvgIpc) is 3.49. The van der Waals surface area contributed by atoms with E-state index in [4.69, 9.17) is 23.2 Å². The Morgan fingerprint density at radius 1 is 0.794 bits per heavy atom. The molecule has 6 nitrogen and oxygen atoms in total. The highest BCUT2D eigenvalue weighted by atomic mass is 35.5. The standard InChI is InChI=1S/C25H16Cl2N4O2S/c26-17-9-16(10-18(27)11-17)25(33)29-20-5-6-21-22(12-20)31-23(30-21)14-1-3-19(4-2-14)28-24(32)15-7-8-34-13-15/h1-13H,(H,28,32)(H,29,33)(H,30,31). The van der Waals surface area contributed by atoms with Crippen LogP contribution in [0.4, 0.5) is 11.4 Å². The van der Waals surface area contributed by atoms with Gasteiger partial charge in [-0.3, -0.25) is 9.59 Å². The van der Waals surface area contributed by atoms with Crippen LogP contribution in [0.5, 0.6) is 0 Å². The smallest absolute Gasteiger partial charge is 0.256 e. The van der Waals surface area contributed by atoms with E-state index in [1.807, 2.05) is 41.8 Å². The molecule has 3 N–H and O–H groups in total. The molecule has 0 bridgehead atoms. The summed E-state index contributed by atoms with van der Waals surface area (Å²) in [5, 5.41) is 10.2. The summed E-state index contributed by atoms with van der Waals surface area (Å²) in [6.45, 7) is 0. The van der Waals surface area contributed by atoms with E-state index in [2.05, 4.69) is 20.6 Å². The van der Waals surface area contributed by atoms with Gasteiger partial charge in [-0.2, -0.15) is 11.3 Å². The Balaban J connectivity index is 1.32. The fourth-order valence-electron chi connectivity index (χ4n) is 3.42. The number of halogens is 2. The van der Waals surface area contributed by atoms with E-state index in [1.54, 1.807) is 35.7 Å². The molecule has 34 heavy (non-hydrogen) atoms. The Morgan fingerprint density at radius 3 is 2.18 bits per heavy atom. The zero-order valence-corrected chi connectivity index (χ0v) is 19.8. The van der Waals surface area contributed by atoms with Crippen molar-refractivity contribution >= 4 is 68.8 Å². The summed E-state index contributed by atoms with van der Waals surface area (Å²) in [6, 6.07) is 19.3. The Morgan fingerprint density at radius 2 is 1.47 bits per heavy atom. The molecule has 0 saturated heterocycles. The monoisotopic (exact) mass is 506 g/mol. The number of fused-ring (bicyclic) bond motifs is 1. The molecule has 0 radical (unpaired) electrons. The van der Waals surface area contributed by atoms with Crippen LogP contribution in [0.1, 0.15) is 20.7 Å². The summed E-state index contributed by atoms with van der Waals surface area (Å²) in [5.74, 6) is 0.215. The highest BCUT2D eigenvalue weighted by molar-refractivity contribution is 7.08. The molecule has 0 spiro atoms. The van der Waals surface area contributed by atoms with Crippen molar-refractivity contribution in [3.05, 3.63) is 98.7 Å². The van der Waals surface area contributed by atoms with Crippen LogP contribution in [0.25, 0.3) is 22.4 Å². The molecule has 168 valence electrons. The molecule has 9 heteroatoms. The number of H-pyrrole nitrogens is 1. The van der Waals surface area contributed by atoms with Crippen molar-refractivity contribution in [1.29, 1.82) is 0 Å². The topological polar surface area (TPSA) is 86.9 Å². The number of imidazole rings is 1. The van der Waals surface area contributed by atoms with E-state index in [0.717, 1.165) is 16.6 Å². The minimum absolute atomic E-state index is 0.146. The molecule has 0 saturated carbocycles. The van der Waals surface area contributed by atoms with Crippen molar-refractivity contribution in [2.75, 3.05) is 10.6 Å². The van der Waals surface area contributed by atoms with Gasteiger partial charge in [0.05, 0.1) is 16.6 Å². The van der Waals surface area contributed by atoms with Gasteiger partial charge in [0.15, 0.2) is 0 Å². The molecule has 3 aromatic carbocycles. The van der Waals surface area contributed by atoms with Gasteiger partial charge >= 0.3 is 0 Å². The van der Waals surface area contributed by atoms with Crippen LogP contribution in [0, 0.1) is 0 Å². The van der Waals surface area contributed by atoms with Gasteiger partial charge in [0.2, 0.25) is 0 Å². The first-order chi connectivity index (χ1) is 16.4. The van der Waals surface area contributed by atoms with Crippen molar-refractivity contribution in [2.24, 2.45) is 0 Å². The molecule has 0 aliphatic rings. The lowest BCUT2D eigenvalue weighted by atomic mass is 10.2. The van der Waals surface area contributed by atoms with Gasteiger partial charge in [-0.15, -0.1) is 0 Å². The molecule has 0 aliphatic heterocycles. The number of nitrogens with one attached hydrogen (secondary N) is 3. The maximum Gasteiger partial charge on any atom is 0.256 e. The molecule has 0 unspecified atom stereocenters. The molecule has 0 fully saturated rings. The number of rotatable bonds is 5. The second-order valence-corrected chi connectivity index (χ2v) is 9.13. The van der Waals surface area contributed by atoms with E-state index < -0.39 is 0 Å². The lowest BCUT2D eigenvalue weighted by Gasteiger charge is -2.06. The maximum atomic E-state index is 12.6. The molecule has 5 aromatic rings. The second-order valence-electron chi connectivity index (χ2n) is 7.47. The first-order valence-corrected chi connectivity index (χ1v) is 11.9. The fourth-order valence-corrected chi connectivity index (χ4v) is 4.58. The second kappa shape index (κ2) is 9.30. The van der Waals surface area contributed by atoms with Crippen LogP contribution in [-0.2, 0) is 0 Å². The van der Waals surface area contributed by atoms with E-state index >= 15 is 0 Å². The predicted molar refractivity (Wildman–Crippen MR) is 138 cm³/mol. The molecule has 2 aromatic heterocycles.